The Morgan fingerprint density at radius 2 is 2.14 bits per heavy atom. The van der Waals surface area contributed by atoms with Crippen molar-refractivity contribution in [1.29, 1.82) is 0 Å². The molecule has 2 rings (SSSR count). The van der Waals surface area contributed by atoms with Gasteiger partial charge in [-0.05, 0) is 29.5 Å². The van der Waals surface area contributed by atoms with Crippen LogP contribution in [0.15, 0.2) is 30.3 Å². The van der Waals surface area contributed by atoms with Gasteiger partial charge in [-0.25, -0.2) is 4.21 Å². The van der Waals surface area contributed by atoms with E-state index >= 15 is 0 Å². The zero-order valence-electron chi connectivity index (χ0n) is 7.77. The zero-order chi connectivity index (χ0) is 9.97. The number of hydrogen-bond acceptors (Lipinski definition) is 1. The third-order valence-electron chi connectivity index (χ3n) is 2.45. The van der Waals surface area contributed by atoms with Crippen LogP contribution in [0.2, 0.25) is 0 Å². The fraction of sp³-hybridized carbons (Fsp3) is 0.273. The Labute approximate surface area is 85.9 Å². The van der Waals surface area contributed by atoms with Gasteiger partial charge in [-0.15, -0.1) is 0 Å². The van der Waals surface area contributed by atoms with Crippen LogP contribution in [0.3, 0.4) is 0 Å². The molecule has 0 amide bonds. The predicted molar refractivity (Wildman–Crippen MR) is 58.4 cm³/mol. The second-order valence-corrected chi connectivity index (χ2v) is 4.32. The monoisotopic (exact) mass is 208 g/mol. The lowest BCUT2D eigenvalue weighted by molar-refractivity contribution is 0.568. The van der Waals surface area contributed by atoms with Crippen molar-refractivity contribution in [3.05, 3.63) is 41.5 Å². The van der Waals surface area contributed by atoms with Crippen molar-refractivity contribution < 1.29 is 8.76 Å². The first kappa shape index (κ1) is 9.62. The summed E-state index contributed by atoms with van der Waals surface area (Å²) in [6, 6.07) is 8.09. The van der Waals surface area contributed by atoms with E-state index in [9.17, 15) is 4.21 Å². The Morgan fingerprint density at radius 3 is 2.93 bits per heavy atom. The second-order valence-electron chi connectivity index (χ2n) is 3.39. The summed E-state index contributed by atoms with van der Waals surface area (Å²) in [4.78, 5) is 0. The number of allylic oxidation sites excluding steroid dienone is 1. The lowest BCUT2D eigenvalue weighted by Gasteiger charge is -2.16. The Hall–Kier alpha value is -0.930. The van der Waals surface area contributed by atoms with Crippen molar-refractivity contribution >= 4 is 16.7 Å². The number of fused-ring (bicyclic) bond motifs is 1. The van der Waals surface area contributed by atoms with E-state index in [2.05, 4.69) is 12.1 Å². The Morgan fingerprint density at radius 1 is 1.36 bits per heavy atom. The molecule has 1 aromatic carbocycles. The molecular formula is C11H12O2S. The largest absolute Gasteiger partial charge is 0.306 e. The van der Waals surface area contributed by atoms with E-state index in [1.165, 1.54) is 5.56 Å². The van der Waals surface area contributed by atoms with E-state index in [0.29, 0.717) is 0 Å². The summed E-state index contributed by atoms with van der Waals surface area (Å²) in [6.45, 7) is 0. The smallest absolute Gasteiger partial charge is 0.157 e. The highest BCUT2D eigenvalue weighted by Crippen LogP contribution is 2.26. The van der Waals surface area contributed by atoms with Crippen molar-refractivity contribution in [3.8, 4) is 0 Å². The fourth-order valence-corrected chi connectivity index (χ4v) is 2.37. The number of hydrogen-bond donors (Lipinski definition) is 1. The lowest BCUT2D eigenvalue weighted by Crippen LogP contribution is -2.05. The molecule has 0 aliphatic heterocycles. The summed E-state index contributed by atoms with van der Waals surface area (Å²) >= 11 is -1.74. The van der Waals surface area contributed by atoms with Gasteiger partial charge in [0.1, 0.15) is 0 Å². The van der Waals surface area contributed by atoms with Crippen LogP contribution in [-0.4, -0.2) is 14.5 Å². The highest BCUT2D eigenvalue weighted by atomic mass is 32.2. The first-order valence-corrected chi connectivity index (χ1v) is 5.90. The van der Waals surface area contributed by atoms with Gasteiger partial charge >= 0.3 is 0 Å². The Bertz CT molecular complexity index is 396. The third kappa shape index (κ3) is 1.94. The number of aryl methyl sites for hydroxylation is 1. The molecular weight excluding hydrogens is 196 g/mol. The van der Waals surface area contributed by atoms with E-state index < -0.39 is 11.1 Å². The number of benzene rings is 1. The fourth-order valence-electron chi connectivity index (χ4n) is 1.83. The van der Waals surface area contributed by atoms with Crippen LogP contribution >= 0.6 is 0 Å². The molecule has 1 aliphatic carbocycles. The summed E-state index contributed by atoms with van der Waals surface area (Å²) in [7, 11) is 0. The molecule has 2 nitrogen and oxygen atoms in total. The van der Waals surface area contributed by atoms with Crippen LogP contribution < -0.4 is 0 Å². The molecule has 1 unspecified atom stereocenters. The molecule has 0 bridgehead atoms. The van der Waals surface area contributed by atoms with E-state index in [1.807, 2.05) is 18.2 Å². The summed E-state index contributed by atoms with van der Waals surface area (Å²) < 4.78 is 19.6. The molecule has 0 radical (unpaired) electrons. The molecule has 0 saturated carbocycles. The lowest BCUT2D eigenvalue weighted by atomic mass is 9.92. The van der Waals surface area contributed by atoms with Crippen molar-refractivity contribution in [2.45, 2.75) is 12.8 Å². The molecule has 0 spiro atoms. The van der Waals surface area contributed by atoms with Gasteiger partial charge in [0.25, 0.3) is 0 Å². The molecule has 1 atom stereocenters. The quantitative estimate of drug-likeness (QED) is 0.757. The first-order valence-electron chi connectivity index (χ1n) is 4.62. The average Bonchev–Trinajstić information content (AvgIpc) is 2.18. The average molecular weight is 208 g/mol. The molecule has 0 heterocycles. The van der Waals surface area contributed by atoms with Crippen LogP contribution in [0.1, 0.15) is 17.5 Å². The van der Waals surface area contributed by atoms with Crippen molar-refractivity contribution in [2.24, 2.45) is 0 Å². The molecule has 1 N–H and O–H groups in total. The molecule has 0 fully saturated rings. The van der Waals surface area contributed by atoms with Gasteiger partial charge in [0.05, 0.1) is 5.75 Å². The normalized spacial score (nSPS) is 17.1. The highest BCUT2D eigenvalue weighted by Gasteiger charge is 2.12. The summed E-state index contributed by atoms with van der Waals surface area (Å²) in [5.74, 6) is 0.247. The van der Waals surface area contributed by atoms with Crippen LogP contribution in [0.4, 0.5) is 0 Å². The van der Waals surface area contributed by atoms with Gasteiger partial charge in [-0.1, -0.05) is 30.3 Å². The van der Waals surface area contributed by atoms with Crippen molar-refractivity contribution in [1.82, 2.24) is 0 Å². The second kappa shape index (κ2) is 4.07. The highest BCUT2D eigenvalue weighted by molar-refractivity contribution is 7.79. The molecule has 14 heavy (non-hydrogen) atoms. The zero-order valence-corrected chi connectivity index (χ0v) is 8.59. The summed E-state index contributed by atoms with van der Waals surface area (Å²) in [5.41, 5.74) is 3.43. The van der Waals surface area contributed by atoms with Gasteiger partial charge in [0.2, 0.25) is 0 Å². The standard InChI is InChI=1S/C11H12O2S/c12-14(13)8-10-6-3-5-9-4-1-2-7-11(9)10/h1-2,4,6-7H,3,5,8H2,(H,12,13). The van der Waals surface area contributed by atoms with Crippen molar-refractivity contribution in [3.63, 3.8) is 0 Å². The molecule has 0 saturated heterocycles. The van der Waals surface area contributed by atoms with E-state index in [1.54, 1.807) is 0 Å². The Kier molecular flexibility index (Phi) is 2.79. The van der Waals surface area contributed by atoms with E-state index in [-0.39, 0.29) is 5.75 Å². The van der Waals surface area contributed by atoms with Crippen LogP contribution in [0.5, 0.6) is 0 Å². The minimum absolute atomic E-state index is 0.247. The molecule has 74 valence electrons. The van der Waals surface area contributed by atoms with Crippen molar-refractivity contribution in [2.75, 3.05) is 5.75 Å². The minimum Gasteiger partial charge on any atom is -0.306 e. The molecule has 3 heteroatoms. The van der Waals surface area contributed by atoms with Gasteiger partial charge in [-0.3, -0.25) is 0 Å². The molecule has 1 aromatic rings. The summed E-state index contributed by atoms with van der Waals surface area (Å²) in [5, 5.41) is 0. The van der Waals surface area contributed by atoms with Gasteiger partial charge in [-0.2, -0.15) is 0 Å². The summed E-state index contributed by atoms with van der Waals surface area (Å²) in [6.07, 6.45) is 4.08. The first-order chi connectivity index (χ1) is 6.77. The predicted octanol–water partition coefficient (Wildman–Crippen LogP) is 2.24. The van der Waals surface area contributed by atoms with E-state index in [4.69, 9.17) is 4.55 Å². The maximum absolute atomic E-state index is 10.7. The van der Waals surface area contributed by atoms with Crippen LogP contribution in [0, 0.1) is 0 Å². The molecule has 0 aromatic heterocycles. The minimum atomic E-state index is -1.74. The topological polar surface area (TPSA) is 37.3 Å². The van der Waals surface area contributed by atoms with Crippen LogP contribution in [0.25, 0.3) is 5.57 Å². The number of rotatable bonds is 2. The van der Waals surface area contributed by atoms with Crippen LogP contribution in [-0.2, 0) is 17.5 Å². The maximum Gasteiger partial charge on any atom is 0.157 e. The van der Waals surface area contributed by atoms with Gasteiger partial charge in [0, 0.05) is 0 Å². The maximum atomic E-state index is 10.7. The molecule has 1 aliphatic rings. The Balaban J connectivity index is 2.35. The van der Waals surface area contributed by atoms with Gasteiger partial charge < -0.3 is 4.55 Å². The third-order valence-corrected chi connectivity index (χ3v) is 3.00. The SMILES string of the molecule is O=S(O)CC1=CCCc2ccccc21. The van der Waals surface area contributed by atoms with Gasteiger partial charge in [0.15, 0.2) is 11.1 Å². The van der Waals surface area contributed by atoms with E-state index in [0.717, 1.165) is 24.0 Å².